The van der Waals surface area contributed by atoms with Crippen molar-refractivity contribution < 1.29 is 18.7 Å². The molecule has 1 fully saturated rings. The number of fused-ring (bicyclic) bond motifs is 1. The normalized spacial score (nSPS) is 14.6. The molecule has 1 amide bonds. The molecule has 2 N–H and O–H groups in total. The highest BCUT2D eigenvalue weighted by atomic mass is 35.5. The number of anilines is 1. The second kappa shape index (κ2) is 10.3. The standard InChI is InChI=1S/C26H26ClFN6O3/c1-14-19(27)11-18(15(2)33-25-22-24(30-12-29-22)31-13-32-25)23(36-3)21(14)16-4-5-17(20(28)10-16)26(35)34-6-8-37-9-7-34/h4-5,10-13,15H,6-9H2,1-3H3,(H2,29,30,31,32,33). The largest absolute Gasteiger partial charge is 0.496 e. The van der Waals surface area contributed by atoms with Crippen LogP contribution in [0, 0.1) is 12.7 Å². The lowest BCUT2D eigenvalue weighted by Gasteiger charge is -2.27. The Hall–Kier alpha value is -3.76. The number of carbonyl (C=O) groups excluding carboxylic acids is 1. The number of nitrogens with one attached hydrogen (secondary N) is 2. The Balaban J connectivity index is 1.52. The number of amides is 1. The van der Waals surface area contributed by atoms with E-state index in [0.29, 0.717) is 65.2 Å². The third-order valence-electron chi connectivity index (χ3n) is 6.53. The average molecular weight is 525 g/mol. The molecule has 2 aromatic heterocycles. The summed E-state index contributed by atoms with van der Waals surface area (Å²) in [6.45, 7) is 5.56. The molecule has 3 heterocycles. The molecular formula is C26H26ClFN6O3. The lowest BCUT2D eigenvalue weighted by atomic mass is 9.93. The molecule has 1 saturated heterocycles. The van der Waals surface area contributed by atoms with E-state index in [1.165, 1.54) is 18.5 Å². The van der Waals surface area contributed by atoms with Crippen LogP contribution < -0.4 is 10.1 Å². The summed E-state index contributed by atoms with van der Waals surface area (Å²) in [6.07, 6.45) is 3.00. The molecule has 1 atom stereocenters. The number of H-pyrrole nitrogens is 1. The summed E-state index contributed by atoms with van der Waals surface area (Å²) in [5.74, 6) is 0.136. The molecule has 0 spiro atoms. The van der Waals surface area contributed by atoms with Crippen LogP contribution in [0.1, 0.15) is 34.5 Å². The van der Waals surface area contributed by atoms with Crippen molar-refractivity contribution in [2.45, 2.75) is 19.9 Å². The number of hydrogen-bond donors (Lipinski definition) is 2. The van der Waals surface area contributed by atoms with Gasteiger partial charge in [-0.2, -0.15) is 0 Å². The molecule has 2 aromatic carbocycles. The number of halogens is 2. The van der Waals surface area contributed by atoms with Crippen molar-refractivity contribution >= 4 is 34.5 Å². The fourth-order valence-corrected chi connectivity index (χ4v) is 4.78. The number of nitrogens with zero attached hydrogens (tertiary/aromatic N) is 4. The molecule has 5 rings (SSSR count). The number of aromatic nitrogens is 4. The maximum atomic E-state index is 15.3. The smallest absolute Gasteiger partial charge is 0.256 e. The number of benzene rings is 2. The van der Waals surface area contributed by atoms with Crippen LogP contribution in [-0.2, 0) is 4.74 Å². The van der Waals surface area contributed by atoms with Crippen LogP contribution in [0.25, 0.3) is 22.3 Å². The quantitative estimate of drug-likeness (QED) is 0.374. The summed E-state index contributed by atoms with van der Waals surface area (Å²) in [5.41, 5.74) is 3.93. The van der Waals surface area contributed by atoms with Gasteiger partial charge in [-0.25, -0.2) is 19.3 Å². The van der Waals surface area contributed by atoms with E-state index in [1.54, 1.807) is 24.4 Å². The van der Waals surface area contributed by atoms with Crippen LogP contribution in [-0.4, -0.2) is 64.2 Å². The number of hydrogen-bond acceptors (Lipinski definition) is 7. The number of methoxy groups -OCH3 is 1. The van der Waals surface area contributed by atoms with Gasteiger partial charge in [0.1, 0.15) is 23.4 Å². The zero-order valence-electron chi connectivity index (χ0n) is 20.6. The van der Waals surface area contributed by atoms with E-state index in [0.717, 1.165) is 11.1 Å². The number of imidazole rings is 1. The first kappa shape index (κ1) is 24.9. The molecule has 4 aromatic rings. The van der Waals surface area contributed by atoms with Gasteiger partial charge >= 0.3 is 0 Å². The molecule has 0 bridgehead atoms. The van der Waals surface area contributed by atoms with Gasteiger partial charge in [0.25, 0.3) is 5.91 Å². The monoisotopic (exact) mass is 524 g/mol. The Kier molecular flexibility index (Phi) is 6.94. The molecule has 1 aliphatic heterocycles. The molecular weight excluding hydrogens is 499 g/mol. The van der Waals surface area contributed by atoms with Crippen molar-refractivity contribution in [3.63, 3.8) is 0 Å². The van der Waals surface area contributed by atoms with Crippen molar-refractivity contribution in [3.8, 4) is 16.9 Å². The van der Waals surface area contributed by atoms with Gasteiger partial charge in [0.2, 0.25) is 0 Å². The highest BCUT2D eigenvalue weighted by Gasteiger charge is 2.25. The van der Waals surface area contributed by atoms with Crippen LogP contribution >= 0.6 is 11.6 Å². The minimum absolute atomic E-state index is 0.0198. The molecule has 0 aliphatic carbocycles. The van der Waals surface area contributed by atoms with Gasteiger partial charge in [0.05, 0.1) is 38.3 Å². The average Bonchev–Trinajstić information content (AvgIpc) is 3.40. The van der Waals surface area contributed by atoms with E-state index in [-0.39, 0.29) is 17.5 Å². The van der Waals surface area contributed by atoms with Crippen LogP contribution in [0.2, 0.25) is 5.02 Å². The molecule has 37 heavy (non-hydrogen) atoms. The molecule has 1 aliphatic rings. The lowest BCUT2D eigenvalue weighted by molar-refractivity contribution is 0.0300. The third-order valence-corrected chi connectivity index (χ3v) is 6.92. The van der Waals surface area contributed by atoms with Crippen LogP contribution in [0.5, 0.6) is 5.75 Å². The second-order valence-corrected chi connectivity index (χ2v) is 9.18. The van der Waals surface area contributed by atoms with Gasteiger partial charge in [0.15, 0.2) is 11.5 Å². The van der Waals surface area contributed by atoms with E-state index in [2.05, 4.69) is 25.3 Å². The summed E-state index contributed by atoms with van der Waals surface area (Å²) >= 11 is 6.65. The maximum absolute atomic E-state index is 15.3. The van der Waals surface area contributed by atoms with Gasteiger partial charge in [-0.05, 0) is 43.2 Å². The SMILES string of the molecule is COc1c(C(C)Nc2ncnc3[nH]cnc23)cc(Cl)c(C)c1-c1ccc(C(=O)N2CCOCC2)c(F)c1. The molecule has 0 radical (unpaired) electrons. The van der Waals surface area contributed by atoms with E-state index in [9.17, 15) is 4.79 Å². The number of carbonyl (C=O) groups is 1. The summed E-state index contributed by atoms with van der Waals surface area (Å²) < 4.78 is 26.4. The fraction of sp³-hybridized carbons (Fsp3) is 0.308. The fourth-order valence-electron chi connectivity index (χ4n) is 4.57. The van der Waals surface area contributed by atoms with E-state index in [4.69, 9.17) is 21.1 Å². The topological polar surface area (TPSA) is 105 Å². The van der Waals surface area contributed by atoms with E-state index in [1.807, 2.05) is 19.9 Å². The van der Waals surface area contributed by atoms with Crippen molar-refractivity contribution in [3.05, 3.63) is 64.5 Å². The first-order valence-electron chi connectivity index (χ1n) is 11.8. The Bertz CT molecular complexity index is 1470. The minimum atomic E-state index is -0.606. The highest BCUT2D eigenvalue weighted by molar-refractivity contribution is 6.32. The number of rotatable bonds is 6. The Morgan fingerprint density at radius 1 is 1.24 bits per heavy atom. The highest BCUT2D eigenvalue weighted by Crippen LogP contribution is 2.43. The molecule has 192 valence electrons. The molecule has 0 saturated carbocycles. The Morgan fingerprint density at radius 2 is 2.03 bits per heavy atom. The Morgan fingerprint density at radius 3 is 2.76 bits per heavy atom. The number of aromatic amines is 1. The first-order chi connectivity index (χ1) is 17.9. The molecule has 11 heteroatoms. The van der Waals surface area contributed by atoms with Gasteiger partial charge < -0.3 is 24.7 Å². The van der Waals surface area contributed by atoms with Crippen molar-refractivity contribution in [1.82, 2.24) is 24.8 Å². The molecule has 9 nitrogen and oxygen atoms in total. The lowest BCUT2D eigenvalue weighted by Crippen LogP contribution is -2.41. The van der Waals surface area contributed by atoms with Crippen LogP contribution in [0.15, 0.2) is 36.9 Å². The van der Waals surface area contributed by atoms with Crippen molar-refractivity contribution in [2.24, 2.45) is 0 Å². The van der Waals surface area contributed by atoms with Gasteiger partial charge in [-0.1, -0.05) is 17.7 Å². The maximum Gasteiger partial charge on any atom is 0.256 e. The van der Waals surface area contributed by atoms with Crippen molar-refractivity contribution in [1.29, 1.82) is 0 Å². The zero-order valence-corrected chi connectivity index (χ0v) is 21.4. The predicted molar refractivity (Wildman–Crippen MR) is 139 cm³/mol. The van der Waals surface area contributed by atoms with Crippen LogP contribution in [0.3, 0.4) is 0 Å². The first-order valence-corrected chi connectivity index (χ1v) is 12.2. The predicted octanol–water partition coefficient (Wildman–Crippen LogP) is 4.77. The van der Waals surface area contributed by atoms with E-state index < -0.39 is 5.82 Å². The Labute approximate surface area is 218 Å². The minimum Gasteiger partial charge on any atom is -0.496 e. The van der Waals surface area contributed by atoms with Gasteiger partial charge in [0, 0.05) is 29.2 Å². The number of morpholine rings is 1. The zero-order chi connectivity index (χ0) is 26.1. The molecule has 1 unspecified atom stereocenters. The van der Waals surface area contributed by atoms with Crippen molar-refractivity contribution in [2.75, 3.05) is 38.7 Å². The summed E-state index contributed by atoms with van der Waals surface area (Å²) in [6, 6.07) is 6.12. The summed E-state index contributed by atoms with van der Waals surface area (Å²) in [7, 11) is 1.56. The van der Waals surface area contributed by atoms with E-state index >= 15 is 4.39 Å². The number of ether oxygens (including phenoxy) is 2. The van der Waals surface area contributed by atoms with Gasteiger partial charge in [-0.3, -0.25) is 4.79 Å². The second-order valence-electron chi connectivity index (χ2n) is 8.77. The summed E-state index contributed by atoms with van der Waals surface area (Å²) in [5, 5.41) is 3.85. The van der Waals surface area contributed by atoms with Crippen LogP contribution in [0.4, 0.5) is 10.2 Å². The van der Waals surface area contributed by atoms with Gasteiger partial charge in [-0.15, -0.1) is 0 Å². The third kappa shape index (κ3) is 4.70. The summed E-state index contributed by atoms with van der Waals surface area (Å²) in [4.78, 5) is 30.2.